The first kappa shape index (κ1) is 30.6. The zero-order chi connectivity index (χ0) is 30.4. The van der Waals surface area contributed by atoms with Crippen LogP contribution < -0.4 is 10.6 Å². The SMILES string of the molecule is CC(=O)N[C@H](Cc1ccccc1)C(=O)N1CCC[C@H]1C(=O)N[C@@H](CCC1OCCO1)B1O[C@@H]2C[C@@H]3C[C@@H](C3(C)C)[C@]2(C)O1. The van der Waals surface area contributed by atoms with E-state index in [2.05, 4.69) is 31.4 Å². The Labute approximate surface area is 255 Å². The van der Waals surface area contributed by atoms with Gasteiger partial charge in [-0.25, -0.2) is 0 Å². The quantitative estimate of drug-likeness (QED) is 0.400. The number of carbonyl (C=O) groups excluding carboxylic acids is 3. The van der Waals surface area contributed by atoms with Crippen molar-refractivity contribution in [2.75, 3.05) is 19.8 Å². The molecule has 1 aromatic rings. The highest BCUT2D eigenvalue weighted by Gasteiger charge is 2.68. The van der Waals surface area contributed by atoms with Crippen LogP contribution in [0.5, 0.6) is 0 Å². The second-order valence-electron chi connectivity index (χ2n) is 13.8. The molecule has 11 heteroatoms. The van der Waals surface area contributed by atoms with Gasteiger partial charge in [0.05, 0.1) is 30.9 Å². The van der Waals surface area contributed by atoms with Crippen molar-refractivity contribution >= 4 is 24.8 Å². The number of hydrogen-bond acceptors (Lipinski definition) is 7. The Morgan fingerprint density at radius 1 is 1.07 bits per heavy atom. The number of nitrogens with zero attached hydrogens (tertiary/aromatic N) is 1. The molecule has 2 bridgehead atoms. The minimum Gasteiger partial charge on any atom is -0.404 e. The summed E-state index contributed by atoms with van der Waals surface area (Å²) >= 11 is 0. The van der Waals surface area contributed by atoms with Gasteiger partial charge in [0.25, 0.3) is 0 Å². The van der Waals surface area contributed by atoms with E-state index in [9.17, 15) is 14.4 Å². The molecule has 0 aromatic heterocycles. The minimum absolute atomic E-state index is 0.00591. The third-order valence-electron chi connectivity index (χ3n) is 10.8. The van der Waals surface area contributed by atoms with E-state index in [4.69, 9.17) is 18.8 Å². The highest BCUT2D eigenvalue weighted by Crippen LogP contribution is 2.65. The van der Waals surface area contributed by atoms with Crippen LogP contribution in [0.2, 0.25) is 0 Å². The molecule has 2 N–H and O–H groups in total. The topological polar surface area (TPSA) is 115 Å². The molecule has 3 amide bonds. The maximum Gasteiger partial charge on any atom is 0.481 e. The fraction of sp³-hybridized carbons (Fsp3) is 0.719. The monoisotopic (exact) mass is 595 g/mol. The van der Waals surface area contributed by atoms with Crippen LogP contribution in [0.25, 0.3) is 0 Å². The van der Waals surface area contributed by atoms with Gasteiger partial charge in [-0.1, -0.05) is 44.2 Å². The summed E-state index contributed by atoms with van der Waals surface area (Å²) in [5.41, 5.74) is 0.755. The van der Waals surface area contributed by atoms with Gasteiger partial charge in [0.2, 0.25) is 17.7 Å². The first-order valence-electron chi connectivity index (χ1n) is 16.0. The molecule has 6 aliphatic rings. The Bertz CT molecular complexity index is 1190. The summed E-state index contributed by atoms with van der Waals surface area (Å²) < 4.78 is 24.7. The van der Waals surface area contributed by atoms with E-state index in [1.54, 1.807) is 4.90 Å². The maximum atomic E-state index is 13.9. The summed E-state index contributed by atoms with van der Waals surface area (Å²) in [7, 11) is -0.591. The summed E-state index contributed by atoms with van der Waals surface area (Å²) in [6, 6.07) is 8.22. The smallest absolute Gasteiger partial charge is 0.404 e. The maximum absolute atomic E-state index is 13.9. The number of amides is 3. The molecule has 3 saturated heterocycles. The van der Waals surface area contributed by atoms with E-state index >= 15 is 0 Å². The number of ether oxygens (including phenoxy) is 2. The van der Waals surface area contributed by atoms with Crippen molar-refractivity contribution in [1.82, 2.24) is 15.5 Å². The van der Waals surface area contributed by atoms with Gasteiger partial charge in [0.1, 0.15) is 12.1 Å². The van der Waals surface area contributed by atoms with Crippen LogP contribution in [0.1, 0.15) is 71.8 Å². The molecule has 234 valence electrons. The number of rotatable bonds is 10. The van der Waals surface area contributed by atoms with Gasteiger partial charge in [0, 0.05) is 19.9 Å². The van der Waals surface area contributed by atoms with Gasteiger partial charge in [0.15, 0.2) is 6.29 Å². The lowest BCUT2D eigenvalue weighted by Gasteiger charge is -2.64. The Hall–Kier alpha value is -2.47. The first-order chi connectivity index (χ1) is 20.6. The normalized spacial score (nSPS) is 32.6. The minimum atomic E-state index is -0.750. The van der Waals surface area contributed by atoms with Crippen LogP contribution in [0.15, 0.2) is 30.3 Å². The van der Waals surface area contributed by atoms with Gasteiger partial charge in [-0.3, -0.25) is 14.4 Å². The Morgan fingerprint density at radius 2 is 1.81 bits per heavy atom. The average Bonchev–Trinajstić information content (AvgIpc) is 3.74. The summed E-state index contributed by atoms with van der Waals surface area (Å²) in [4.78, 5) is 41.4. The third kappa shape index (κ3) is 5.98. The molecule has 10 nitrogen and oxygen atoms in total. The standard InChI is InChI=1S/C32H46BN3O7/c1-20(37)34-23(17-21-9-6-5-7-10-21)30(39)36-14-8-11-24(36)29(38)35-27(12-13-28-40-15-16-41-28)33-42-26-19-22-18-25(31(22,2)3)32(26,4)43-33/h5-7,9-10,22-28H,8,11-19H2,1-4H3,(H,34,37)(H,35,38)/t22-,23+,24-,25-,26+,27-,32-/m0/s1. The van der Waals surface area contributed by atoms with Crippen molar-refractivity contribution in [3.63, 3.8) is 0 Å². The molecule has 3 saturated carbocycles. The molecule has 0 unspecified atom stereocenters. The molecule has 7 rings (SSSR count). The Kier molecular flexibility index (Phi) is 8.63. The van der Waals surface area contributed by atoms with Crippen LogP contribution in [-0.2, 0) is 39.6 Å². The number of carbonyl (C=O) groups is 3. The third-order valence-corrected chi connectivity index (χ3v) is 10.8. The predicted molar refractivity (Wildman–Crippen MR) is 159 cm³/mol. The zero-order valence-corrected chi connectivity index (χ0v) is 25.9. The van der Waals surface area contributed by atoms with Crippen LogP contribution in [0.3, 0.4) is 0 Å². The first-order valence-corrected chi connectivity index (χ1v) is 16.0. The van der Waals surface area contributed by atoms with E-state index in [0.29, 0.717) is 63.7 Å². The van der Waals surface area contributed by atoms with E-state index < -0.39 is 30.7 Å². The molecular formula is C32H46BN3O7. The van der Waals surface area contributed by atoms with Crippen molar-refractivity contribution in [3.8, 4) is 0 Å². The van der Waals surface area contributed by atoms with Crippen molar-refractivity contribution in [1.29, 1.82) is 0 Å². The number of benzene rings is 1. The summed E-state index contributed by atoms with van der Waals surface area (Å²) in [6.07, 6.45) is 4.58. The fourth-order valence-electron chi connectivity index (χ4n) is 8.31. The summed E-state index contributed by atoms with van der Waals surface area (Å²) in [5.74, 6) is -0.132. The molecule has 3 heterocycles. The molecule has 43 heavy (non-hydrogen) atoms. The zero-order valence-electron chi connectivity index (χ0n) is 25.9. The lowest BCUT2D eigenvalue weighted by atomic mass is 9.43. The Morgan fingerprint density at radius 3 is 2.51 bits per heavy atom. The van der Waals surface area contributed by atoms with Crippen molar-refractivity contribution in [2.45, 2.75) is 109 Å². The van der Waals surface area contributed by atoms with Crippen LogP contribution in [0.4, 0.5) is 0 Å². The van der Waals surface area contributed by atoms with Crippen LogP contribution >= 0.6 is 0 Å². The van der Waals surface area contributed by atoms with Gasteiger partial charge in [-0.15, -0.1) is 0 Å². The Balaban J connectivity index is 1.16. The van der Waals surface area contributed by atoms with Gasteiger partial charge >= 0.3 is 7.12 Å². The summed E-state index contributed by atoms with van der Waals surface area (Å²) in [6.45, 7) is 9.83. The molecule has 7 atom stereocenters. The van der Waals surface area contributed by atoms with Gasteiger partial charge in [-0.2, -0.15) is 0 Å². The highest BCUT2D eigenvalue weighted by atomic mass is 16.7. The molecule has 0 spiro atoms. The molecule has 3 aliphatic heterocycles. The molecular weight excluding hydrogens is 549 g/mol. The van der Waals surface area contributed by atoms with Gasteiger partial charge in [-0.05, 0) is 68.3 Å². The molecule has 3 aliphatic carbocycles. The largest absolute Gasteiger partial charge is 0.481 e. The molecule has 1 aromatic carbocycles. The second-order valence-corrected chi connectivity index (χ2v) is 13.8. The number of likely N-dealkylation sites (tertiary alicyclic amines) is 1. The summed E-state index contributed by atoms with van der Waals surface area (Å²) in [5, 5.41) is 6.05. The lowest BCUT2D eigenvalue weighted by Crippen LogP contribution is -2.65. The lowest BCUT2D eigenvalue weighted by molar-refractivity contribution is -0.199. The van der Waals surface area contributed by atoms with Crippen molar-refractivity contribution in [3.05, 3.63) is 35.9 Å². The molecule has 0 radical (unpaired) electrons. The van der Waals surface area contributed by atoms with E-state index in [1.165, 1.54) is 6.92 Å². The number of nitrogens with one attached hydrogen (secondary N) is 2. The van der Waals surface area contributed by atoms with Crippen LogP contribution in [0, 0.1) is 17.3 Å². The van der Waals surface area contributed by atoms with Crippen LogP contribution in [-0.4, -0.2) is 85.5 Å². The van der Waals surface area contributed by atoms with E-state index in [0.717, 1.165) is 18.4 Å². The van der Waals surface area contributed by atoms with Crippen molar-refractivity contribution < 1.29 is 33.2 Å². The predicted octanol–water partition coefficient (Wildman–Crippen LogP) is 2.63. The second kappa shape index (κ2) is 12.1. The van der Waals surface area contributed by atoms with E-state index in [1.807, 2.05) is 30.3 Å². The highest BCUT2D eigenvalue weighted by molar-refractivity contribution is 6.47. The van der Waals surface area contributed by atoms with E-state index in [-0.39, 0.29) is 35.5 Å². The number of hydrogen-bond donors (Lipinski definition) is 2. The molecule has 6 fully saturated rings. The average molecular weight is 596 g/mol. The van der Waals surface area contributed by atoms with Gasteiger partial charge < -0.3 is 34.3 Å². The van der Waals surface area contributed by atoms with Crippen molar-refractivity contribution in [2.24, 2.45) is 17.3 Å². The fourth-order valence-corrected chi connectivity index (χ4v) is 8.31.